The molecule has 4 heteroatoms. The van der Waals surface area contributed by atoms with Crippen molar-refractivity contribution >= 4 is 18.3 Å². The molecule has 2 N–H and O–H groups in total. The van der Waals surface area contributed by atoms with Gasteiger partial charge in [-0.25, -0.2) is 0 Å². The molecule has 0 bridgehead atoms. The van der Waals surface area contributed by atoms with Gasteiger partial charge in [-0.1, -0.05) is 32.1 Å². The highest BCUT2D eigenvalue weighted by Gasteiger charge is 2.13. The summed E-state index contributed by atoms with van der Waals surface area (Å²) in [4.78, 5) is 11.5. The highest BCUT2D eigenvalue weighted by molar-refractivity contribution is 5.85. The molecule has 3 nitrogen and oxygen atoms in total. The standard InChI is InChI=1S/C12H24N2O.ClH/c1-13-10-9-12(15)14-11-7-5-3-2-4-6-8-11;/h11,13H,2-10H2,1H3,(H,14,15);1H. The molecule has 96 valence electrons. The third-order valence-corrected chi connectivity index (χ3v) is 3.07. The van der Waals surface area contributed by atoms with Crippen LogP contribution < -0.4 is 10.6 Å². The molecule has 1 rings (SSSR count). The molecule has 16 heavy (non-hydrogen) atoms. The molecule has 0 unspecified atom stereocenters. The normalized spacial score (nSPS) is 18.1. The van der Waals surface area contributed by atoms with Gasteiger partial charge in [-0.2, -0.15) is 0 Å². The van der Waals surface area contributed by atoms with Crippen LogP contribution in [0.2, 0.25) is 0 Å². The molecule has 0 aromatic rings. The maximum Gasteiger partial charge on any atom is 0.221 e. The van der Waals surface area contributed by atoms with Gasteiger partial charge in [-0.05, 0) is 19.9 Å². The number of hydrogen-bond donors (Lipinski definition) is 2. The first-order chi connectivity index (χ1) is 7.33. The van der Waals surface area contributed by atoms with E-state index in [1.807, 2.05) is 7.05 Å². The van der Waals surface area contributed by atoms with Crippen LogP contribution in [0.25, 0.3) is 0 Å². The van der Waals surface area contributed by atoms with Crippen molar-refractivity contribution in [1.82, 2.24) is 10.6 Å². The van der Waals surface area contributed by atoms with Crippen LogP contribution in [-0.2, 0) is 4.79 Å². The van der Waals surface area contributed by atoms with Crippen molar-refractivity contribution in [3.05, 3.63) is 0 Å². The largest absolute Gasteiger partial charge is 0.353 e. The topological polar surface area (TPSA) is 41.1 Å². The maximum atomic E-state index is 11.5. The van der Waals surface area contributed by atoms with Gasteiger partial charge in [0.25, 0.3) is 0 Å². The molecular weight excluding hydrogens is 224 g/mol. The lowest BCUT2D eigenvalue weighted by Gasteiger charge is -2.20. The first-order valence-corrected chi connectivity index (χ1v) is 6.27. The SMILES string of the molecule is CNCCC(=O)NC1CCCCCCC1.Cl. The second-order valence-corrected chi connectivity index (χ2v) is 4.46. The van der Waals surface area contributed by atoms with E-state index in [1.54, 1.807) is 0 Å². The van der Waals surface area contributed by atoms with Crippen molar-refractivity contribution in [1.29, 1.82) is 0 Å². The third kappa shape index (κ3) is 7.07. The summed E-state index contributed by atoms with van der Waals surface area (Å²) < 4.78 is 0. The van der Waals surface area contributed by atoms with Crippen LogP contribution in [0.5, 0.6) is 0 Å². The quantitative estimate of drug-likeness (QED) is 0.801. The van der Waals surface area contributed by atoms with Crippen molar-refractivity contribution < 1.29 is 4.79 Å². The molecular formula is C12H25ClN2O. The van der Waals surface area contributed by atoms with Crippen molar-refractivity contribution in [3.8, 4) is 0 Å². The number of nitrogens with one attached hydrogen (secondary N) is 2. The first kappa shape index (κ1) is 15.7. The summed E-state index contributed by atoms with van der Waals surface area (Å²) >= 11 is 0. The molecule has 0 aromatic carbocycles. The smallest absolute Gasteiger partial charge is 0.221 e. The van der Waals surface area contributed by atoms with Crippen molar-refractivity contribution in [2.45, 2.75) is 57.4 Å². The zero-order valence-corrected chi connectivity index (χ0v) is 11.1. The summed E-state index contributed by atoms with van der Waals surface area (Å²) in [6.07, 6.45) is 9.55. The van der Waals surface area contributed by atoms with Crippen LogP contribution in [0.1, 0.15) is 51.4 Å². The summed E-state index contributed by atoms with van der Waals surface area (Å²) in [7, 11) is 1.88. The van der Waals surface area contributed by atoms with Crippen LogP contribution in [0.3, 0.4) is 0 Å². The number of carbonyl (C=O) groups is 1. The Morgan fingerprint density at radius 1 is 1.12 bits per heavy atom. The monoisotopic (exact) mass is 248 g/mol. The predicted octanol–water partition coefficient (Wildman–Crippen LogP) is 2.25. The minimum absolute atomic E-state index is 0. The Kier molecular flexibility index (Phi) is 9.74. The highest BCUT2D eigenvalue weighted by atomic mass is 35.5. The van der Waals surface area contributed by atoms with Crippen LogP contribution >= 0.6 is 12.4 Å². The second kappa shape index (κ2) is 9.91. The number of halogens is 1. The average Bonchev–Trinajstić information content (AvgIpc) is 2.19. The fourth-order valence-electron chi connectivity index (χ4n) is 2.14. The van der Waals surface area contributed by atoms with Crippen LogP contribution in [0.4, 0.5) is 0 Å². The Morgan fingerprint density at radius 2 is 1.69 bits per heavy atom. The van der Waals surface area contributed by atoms with Gasteiger partial charge >= 0.3 is 0 Å². The van der Waals surface area contributed by atoms with E-state index in [1.165, 1.54) is 44.9 Å². The van der Waals surface area contributed by atoms with Crippen LogP contribution in [-0.4, -0.2) is 25.5 Å². The molecule has 0 aromatic heterocycles. The van der Waals surface area contributed by atoms with E-state index in [0.29, 0.717) is 12.5 Å². The molecule has 1 aliphatic rings. The van der Waals surface area contributed by atoms with Gasteiger partial charge in [0.1, 0.15) is 0 Å². The van der Waals surface area contributed by atoms with Crippen molar-refractivity contribution in [2.75, 3.05) is 13.6 Å². The number of carbonyl (C=O) groups excluding carboxylic acids is 1. The van der Waals surface area contributed by atoms with E-state index in [-0.39, 0.29) is 18.3 Å². The molecule has 0 radical (unpaired) electrons. The number of amides is 1. The van der Waals surface area contributed by atoms with E-state index in [0.717, 1.165) is 6.54 Å². The molecule has 0 aliphatic heterocycles. The van der Waals surface area contributed by atoms with Gasteiger partial charge in [0, 0.05) is 19.0 Å². The Morgan fingerprint density at radius 3 is 2.25 bits per heavy atom. The van der Waals surface area contributed by atoms with Crippen molar-refractivity contribution in [3.63, 3.8) is 0 Å². The first-order valence-electron chi connectivity index (χ1n) is 6.27. The van der Waals surface area contributed by atoms with E-state index in [9.17, 15) is 4.79 Å². The second-order valence-electron chi connectivity index (χ2n) is 4.46. The molecule has 1 aliphatic carbocycles. The molecule has 1 amide bonds. The van der Waals surface area contributed by atoms with E-state index >= 15 is 0 Å². The van der Waals surface area contributed by atoms with Gasteiger partial charge in [0.05, 0.1) is 0 Å². The zero-order valence-electron chi connectivity index (χ0n) is 10.3. The zero-order chi connectivity index (χ0) is 10.9. The van der Waals surface area contributed by atoms with Gasteiger partial charge in [0.15, 0.2) is 0 Å². The van der Waals surface area contributed by atoms with Gasteiger partial charge in [-0.3, -0.25) is 4.79 Å². The molecule has 0 heterocycles. The Labute approximate surface area is 105 Å². The predicted molar refractivity (Wildman–Crippen MR) is 70.0 cm³/mol. The third-order valence-electron chi connectivity index (χ3n) is 3.07. The number of hydrogen-bond acceptors (Lipinski definition) is 2. The minimum Gasteiger partial charge on any atom is -0.353 e. The van der Waals surface area contributed by atoms with Crippen LogP contribution in [0, 0.1) is 0 Å². The lowest BCUT2D eigenvalue weighted by molar-refractivity contribution is -0.121. The van der Waals surface area contributed by atoms with Gasteiger partial charge < -0.3 is 10.6 Å². The van der Waals surface area contributed by atoms with E-state index in [2.05, 4.69) is 10.6 Å². The molecule has 1 saturated carbocycles. The van der Waals surface area contributed by atoms with Gasteiger partial charge in [-0.15, -0.1) is 12.4 Å². The molecule has 0 saturated heterocycles. The fourth-order valence-corrected chi connectivity index (χ4v) is 2.14. The van der Waals surface area contributed by atoms with Crippen LogP contribution in [0.15, 0.2) is 0 Å². The summed E-state index contributed by atoms with van der Waals surface area (Å²) in [5, 5.41) is 6.14. The fraction of sp³-hybridized carbons (Fsp3) is 0.917. The van der Waals surface area contributed by atoms with Gasteiger partial charge in [0.2, 0.25) is 5.91 Å². The molecule has 0 atom stereocenters. The summed E-state index contributed by atoms with van der Waals surface area (Å²) in [6, 6.07) is 0.439. The lowest BCUT2D eigenvalue weighted by atomic mass is 9.96. The molecule has 1 fully saturated rings. The van der Waals surface area contributed by atoms with E-state index < -0.39 is 0 Å². The average molecular weight is 249 g/mol. The summed E-state index contributed by atoms with van der Waals surface area (Å²) in [6.45, 7) is 0.776. The summed E-state index contributed by atoms with van der Waals surface area (Å²) in [5.41, 5.74) is 0. The number of rotatable bonds is 4. The minimum atomic E-state index is 0. The highest BCUT2D eigenvalue weighted by Crippen LogP contribution is 2.16. The summed E-state index contributed by atoms with van der Waals surface area (Å²) in [5.74, 6) is 0.204. The van der Waals surface area contributed by atoms with Crippen molar-refractivity contribution in [2.24, 2.45) is 0 Å². The maximum absolute atomic E-state index is 11.5. The molecule has 0 spiro atoms. The Balaban J connectivity index is 0.00000225. The Hall–Kier alpha value is -0.280. The van der Waals surface area contributed by atoms with E-state index in [4.69, 9.17) is 0 Å². The Bertz CT molecular complexity index is 180. The lowest BCUT2D eigenvalue weighted by Crippen LogP contribution is -2.36.